The molecular weight excluding hydrogens is 310 g/mol. The van der Waals surface area contributed by atoms with Crippen molar-refractivity contribution in [3.05, 3.63) is 64.2 Å². The van der Waals surface area contributed by atoms with Crippen LogP contribution in [0.4, 0.5) is 5.95 Å². The maximum atomic E-state index is 6.29. The number of rotatable bonds is 3. The van der Waals surface area contributed by atoms with E-state index in [-0.39, 0.29) is 6.04 Å². The Kier molecular flexibility index (Phi) is 3.50. The van der Waals surface area contributed by atoms with Gasteiger partial charge in [0.15, 0.2) is 0 Å². The van der Waals surface area contributed by atoms with E-state index in [2.05, 4.69) is 33.8 Å². The minimum Gasteiger partial charge on any atom is -0.346 e. The van der Waals surface area contributed by atoms with Crippen LogP contribution < -0.4 is 5.32 Å². The largest absolute Gasteiger partial charge is 0.346 e. The molecule has 6 heteroatoms. The molecule has 1 aromatic heterocycles. The van der Waals surface area contributed by atoms with E-state index >= 15 is 0 Å². The topological polar surface area (TPSA) is 55.6 Å². The van der Waals surface area contributed by atoms with Crippen LogP contribution >= 0.6 is 11.6 Å². The highest BCUT2D eigenvalue weighted by Crippen LogP contribution is 2.37. The first-order valence-electron chi connectivity index (χ1n) is 7.61. The summed E-state index contributed by atoms with van der Waals surface area (Å²) in [6.07, 6.45) is 1.96. The lowest BCUT2D eigenvalue weighted by Gasteiger charge is -2.15. The summed E-state index contributed by atoms with van der Waals surface area (Å²) >= 11 is 6.29. The van der Waals surface area contributed by atoms with E-state index in [4.69, 9.17) is 11.6 Å². The molecule has 0 aliphatic heterocycles. The van der Waals surface area contributed by atoms with Crippen molar-refractivity contribution in [3.8, 4) is 5.69 Å². The van der Waals surface area contributed by atoms with Gasteiger partial charge in [0.1, 0.15) is 0 Å². The zero-order valence-corrected chi connectivity index (χ0v) is 13.5. The Morgan fingerprint density at radius 3 is 2.83 bits per heavy atom. The highest BCUT2D eigenvalue weighted by molar-refractivity contribution is 6.31. The average Bonchev–Trinajstić information content (AvgIpc) is 3.17. The monoisotopic (exact) mass is 325 g/mol. The van der Waals surface area contributed by atoms with Crippen LogP contribution in [-0.4, -0.2) is 20.2 Å². The smallest absolute Gasteiger partial charge is 0.248 e. The van der Waals surface area contributed by atoms with Crippen molar-refractivity contribution in [1.82, 2.24) is 20.2 Å². The number of tetrazole rings is 1. The van der Waals surface area contributed by atoms with Gasteiger partial charge in [-0.3, -0.25) is 0 Å². The first-order valence-corrected chi connectivity index (χ1v) is 7.99. The summed E-state index contributed by atoms with van der Waals surface area (Å²) < 4.78 is 1.72. The molecule has 1 heterocycles. The minimum absolute atomic E-state index is 0.180. The zero-order chi connectivity index (χ0) is 15.8. The quantitative estimate of drug-likeness (QED) is 0.797. The maximum absolute atomic E-state index is 6.29. The normalized spacial score (nSPS) is 16.3. The van der Waals surface area contributed by atoms with E-state index in [9.17, 15) is 0 Å². The number of hydrogen-bond donors (Lipinski definition) is 1. The molecule has 1 aliphatic rings. The molecule has 116 valence electrons. The molecule has 4 rings (SSSR count). The summed E-state index contributed by atoms with van der Waals surface area (Å²) in [7, 11) is 0. The molecule has 0 fully saturated rings. The molecule has 0 unspecified atom stereocenters. The molecule has 0 saturated carbocycles. The van der Waals surface area contributed by atoms with Crippen LogP contribution in [-0.2, 0) is 6.42 Å². The highest BCUT2D eigenvalue weighted by Gasteiger charge is 2.25. The van der Waals surface area contributed by atoms with Crippen molar-refractivity contribution in [2.24, 2.45) is 0 Å². The Labute approximate surface area is 139 Å². The summed E-state index contributed by atoms with van der Waals surface area (Å²) in [6.45, 7) is 2.06. The second-order valence-electron chi connectivity index (χ2n) is 5.79. The lowest BCUT2D eigenvalue weighted by Crippen LogP contribution is -2.12. The molecule has 2 aromatic carbocycles. The van der Waals surface area contributed by atoms with Crippen LogP contribution in [0.25, 0.3) is 5.69 Å². The fourth-order valence-electron chi connectivity index (χ4n) is 3.05. The molecule has 23 heavy (non-hydrogen) atoms. The highest BCUT2D eigenvalue weighted by atomic mass is 35.5. The number of hydrogen-bond acceptors (Lipinski definition) is 4. The SMILES string of the molecule is Cc1ccc(-n2nnnc2N[C@@H]2CCc3c(Cl)cccc32)cc1. The number of anilines is 1. The van der Waals surface area contributed by atoms with Crippen molar-refractivity contribution in [2.75, 3.05) is 5.32 Å². The van der Waals surface area contributed by atoms with Crippen LogP contribution in [0.2, 0.25) is 5.02 Å². The number of aryl methyl sites for hydroxylation is 1. The molecule has 1 atom stereocenters. The second-order valence-corrected chi connectivity index (χ2v) is 6.20. The van der Waals surface area contributed by atoms with Crippen molar-refractivity contribution in [2.45, 2.75) is 25.8 Å². The average molecular weight is 326 g/mol. The zero-order valence-electron chi connectivity index (χ0n) is 12.7. The Hall–Kier alpha value is -2.40. The number of aromatic nitrogens is 4. The number of halogens is 1. The van der Waals surface area contributed by atoms with Gasteiger partial charge < -0.3 is 5.32 Å². The predicted octanol–water partition coefficient (Wildman–Crippen LogP) is 3.72. The summed E-state index contributed by atoms with van der Waals surface area (Å²) in [5.74, 6) is 0.645. The molecule has 1 aliphatic carbocycles. The lowest BCUT2D eigenvalue weighted by atomic mass is 10.1. The fourth-order valence-corrected chi connectivity index (χ4v) is 3.33. The van der Waals surface area contributed by atoms with Gasteiger partial charge >= 0.3 is 0 Å². The van der Waals surface area contributed by atoms with Gasteiger partial charge in [-0.1, -0.05) is 46.5 Å². The van der Waals surface area contributed by atoms with Gasteiger partial charge in [-0.2, -0.15) is 4.68 Å². The standard InChI is InChI=1S/C17H16ClN5/c1-11-5-7-12(8-6-11)23-17(20-21-22-23)19-16-10-9-13-14(16)3-2-4-15(13)18/h2-8,16H,9-10H2,1H3,(H,19,20,22)/t16-/m1/s1. The molecule has 0 amide bonds. The summed E-state index contributed by atoms with van der Waals surface area (Å²) in [5, 5.41) is 16.3. The van der Waals surface area contributed by atoms with E-state index < -0.39 is 0 Å². The summed E-state index contributed by atoms with van der Waals surface area (Å²) in [6, 6.07) is 14.3. The van der Waals surface area contributed by atoms with Crippen molar-refractivity contribution in [1.29, 1.82) is 0 Å². The van der Waals surface area contributed by atoms with E-state index in [1.165, 1.54) is 16.7 Å². The van der Waals surface area contributed by atoms with Crippen LogP contribution in [0.5, 0.6) is 0 Å². The van der Waals surface area contributed by atoms with Gasteiger partial charge in [-0.05, 0) is 59.5 Å². The Morgan fingerprint density at radius 2 is 2.00 bits per heavy atom. The fraction of sp³-hybridized carbons (Fsp3) is 0.235. The van der Waals surface area contributed by atoms with Gasteiger partial charge in [0, 0.05) is 5.02 Å². The third-order valence-corrected chi connectivity index (χ3v) is 4.62. The van der Waals surface area contributed by atoms with E-state index in [0.29, 0.717) is 5.95 Å². The van der Waals surface area contributed by atoms with Gasteiger partial charge in [-0.15, -0.1) is 0 Å². The van der Waals surface area contributed by atoms with Crippen molar-refractivity contribution >= 4 is 17.5 Å². The lowest BCUT2D eigenvalue weighted by molar-refractivity contribution is 0.737. The Balaban J connectivity index is 1.64. The van der Waals surface area contributed by atoms with Gasteiger partial charge in [0.05, 0.1) is 11.7 Å². The predicted molar refractivity (Wildman–Crippen MR) is 90.0 cm³/mol. The van der Waals surface area contributed by atoms with Crippen molar-refractivity contribution < 1.29 is 0 Å². The third-order valence-electron chi connectivity index (χ3n) is 4.26. The molecule has 0 bridgehead atoms. The van der Waals surface area contributed by atoms with Crippen molar-refractivity contribution in [3.63, 3.8) is 0 Å². The van der Waals surface area contributed by atoms with E-state index in [1.807, 2.05) is 36.4 Å². The number of fused-ring (bicyclic) bond motifs is 1. The van der Waals surface area contributed by atoms with E-state index in [0.717, 1.165) is 23.6 Å². The second kappa shape index (κ2) is 5.66. The number of benzene rings is 2. The minimum atomic E-state index is 0.180. The molecule has 1 N–H and O–H groups in total. The Morgan fingerprint density at radius 1 is 1.17 bits per heavy atom. The van der Waals surface area contributed by atoms with Crippen LogP contribution in [0.15, 0.2) is 42.5 Å². The van der Waals surface area contributed by atoms with Crippen LogP contribution in [0.1, 0.15) is 29.2 Å². The molecular formula is C17H16ClN5. The Bertz CT molecular complexity index is 840. The third kappa shape index (κ3) is 2.57. The van der Waals surface area contributed by atoms with Gasteiger partial charge in [0.2, 0.25) is 5.95 Å². The first kappa shape index (κ1) is 14.2. The summed E-state index contributed by atoms with van der Waals surface area (Å²) in [4.78, 5) is 0. The molecule has 0 saturated heterocycles. The summed E-state index contributed by atoms with van der Waals surface area (Å²) in [5.41, 5.74) is 4.60. The molecule has 3 aromatic rings. The maximum Gasteiger partial charge on any atom is 0.248 e. The van der Waals surface area contributed by atoms with Gasteiger partial charge in [0.25, 0.3) is 0 Å². The first-order chi connectivity index (χ1) is 11.2. The molecule has 0 radical (unpaired) electrons. The molecule has 5 nitrogen and oxygen atoms in total. The number of nitrogens with one attached hydrogen (secondary N) is 1. The van der Waals surface area contributed by atoms with Crippen LogP contribution in [0, 0.1) is 6.92 Å². The van der Waals surface area contributed by atoms with E-state index in [1.54, 1.807) is 4.68 Å². The molecule has 0 spiro atoms. The van der Waals surface area contributed by atoms with Crippen LogP contribution in [0.3, 0.4) is 0 Å². The number of nitrogens with zero attached hydrogens (tertiary/aromatic N) is 4. The van der Waals surface area contributed by atoms with Gasteiger partial charge in [-0.25, -0.2) is 0 Å².